The van der Waals surface area contributed by atoms with Crippen LogP contribution in [0.3, 0.4) is 0 Å². The van der Waals surface area contributed by atoms with Gasteiger partial charge >= 0.3 is 0 Å². The Morgan fingerprint density at radius 1 is 1.50 bits per heavy atom. The van der Waals surface area contributed by atoms with Crippen LogP contribution in [0.4, 0.5) is 5.69 Å². The zero-order valence-electron chi connectivity index (χ0n) is 8.57. The van der Waals surface area contributed by atoms with Crippen LogP contribution >= 0.6 is 0 Å². The van der Waals surface area contributed by atoms with Crippen molar-refractivity contribution in [2.75, 3.05) is 0 Å². The molecule has 0 aliphatic rings. The van der Waals surface area contributed by atoms with Gasteiger partial charge in [-0.15, -0.1) is 0 Å². The van der Waals surface area contributed by atoms with E-state index in [9.17, 15) is 0 Å². The Hall–Kier alpha value is -1.62. The number of nitrogens with zero attached hydrogens (tertiary/aromatic N) is 2. The average Bonchev–Trinajstić information content (AvgIpc) is 2.20. The standard InChI is InChI=1S/C12H14N2/c1-10(9-13)7-8-14-12-6-4-3-5-11(12)2/h3-6,8,10H,7H2,1-2H3/b14-8-. The molecular formula is C12H14N2. The molecule has 1 unspecified atom stereocenters. The van der Waals surface area contributed by atoms with Crippen LogP contribution in [0.15, 0.2) is 29.3 Å². The zero-order chi connectivity index (χ0) is 10.4. The normalized spacial score (nSPS) is 12.6. The van der Waals surface area contributed by atoms with E-state index in [0.717, 1.165) is 11.3 Å². The van der Waals surface area contributed by atoms with Crippen molar-refractivity contribution in [3.8, 4) is 6.07 Å². The quantitative estimate of drug-likeness (QED) is 0.667. The molecule has 1 aromatic rings. The van der Waals surface area contributed by atoms with Crippen LogP contribution in [0.1, 0.15) is 18.9 Å². The molecule has 0 heterocycles. The number of hydrogen-bond acceptors (Lipinski definition) is 2. The van der Waals surface area contributed by atoms with Crippen molar-refractivity contribution in [3.63, 3.8) is 0 Å². The van der Waals surface area contributed by atoms with Crippen LogP contribution in [0.25, 0.3) is 0 Å². The van der Waals surface area contributed by atoms with Crippen molar-refractivity contribution in [2.45, 2.75) is 20.3 Å². The van der Waals surface area contributed by atoms with Crippen LogP contribution < -0.4 is 0 Å². The van der Waals surface area contributed by atoms with Gasteiger partial charge in [-0.25, -0.2) is 0 Å². The molecule has 1 rings (SSSR count). The lowest BCUT2D eigenvalue weighted by Crippen LogP contribution is -1.89. The molecule has 0 aliphatic heterocycles. The first-order chi connectivity index (χ1) is 6.74. The van der Waals surface area contributed by atoms with E-state index < -0.39 is 0 Å². The molecule has 0 aliphatic carbocycles. The minimum absolute atomic E-state index is 0.0442. The molecule has 2 nitrogen and oxygen atoms in total. The Labute approximate surface area is 84.9 Å². The minimum Gasteiger partial charge on any atom is -0.261 e. The fourth-order valence-corrected chi connectivity index (χ4v) is 1.07. The number of aliphatic imine (C=N–C) groups is 1. The lowest BCUT2D eigenvalue weighted by atomic mass is 10.1. The first kappa shape index (κ1) is 10.5. The molecule has 0 spiro atoms. The van der Waals surface area contributed by atoms with Crippen molar-refractivity contribution in [3.05, 3.63) is 29.8 Å². The highest BCUT2D eigenvalue weighted by atomic mass is 14.7. The van der Waals surface area contributed by atoms with Gasteiger partial charge in [0.25, 0.3) is 0 Å². The van der Waals surface area contributed by atoms with Crippen molar-refractivity contribution >= 4 is 11.9 Å². The summed E-state index contributed by atoms with van der Waals surface area (Å²) in [5, 5.41) is 8.57. The van der Waals surface area contributed by atoms with E-state index in [1.807, 2.05) is 44.3 Å². The lowest BCUT2D eigenvalue weighted by molar-refractivity contribution is 0.793. The molecule has 0 radical (unpaired) electrons. The molecule has 14 heavy (non-hydrogen) atoms. The Balaban J connectivity index is 2.61. The van der Waals surface area contributed by atoms with Crippen LogP contribution in [0, 0.1) is 24.2 Å². The largest absolute Gasteiger partial charge is 0.261 e. The summed E-state index contributed by atoms with van der Waals surface area (Å²) in [6.45, 7) is 3.92. The van der Waals surface area contributed by atoms with Gasteiger partial charge in [-0.2, -0.15) is 5.26 Å². The summed E-state index contributed by atoms with van der Waals surface area (Å²) in [6, 6.07) is 10.1. The Kier molecular flexibility index (Phi) is 3.87. The molecule has 0 N–H and O–H groups in total. The summed E-state index contributed by atoms with van der Waals surface area (Å²) in [6.07, 6.45) is 2.53. The first-order valence-electron chi connectivity index (χ1n) is 4.72. The lowest BCUT2D eigenvalue weighted by Gasteiger charge is -1.98. The van der Waals surface area contributed by atoms with Gasteiger partial charge in [0.1, 0.15) is 0 Å². The van der Waals surface area contributed by atoms with Crippen LogP contribution in [0.2, 0.25) is 0 Å². The highest BCUT2D eigenvalue weighted by Crippen LogP contribution is 2.16. The molecule has 0 amide bonds. The molecule has 2 heteroatoms. The molecule has 0 bridgehead atoms. The second-order valence-corrected chi connectivity index (χ2v) is 3.36. The number of rotatable bonds is 3. The predicted molar refractivity (Wildman–Crippen MR) is 58.7 cm³/mol. The van der Waals surface area contributed by atoms with Crippen molar-refractivity contribution in [1.82, 2.24) is 0 Å². The number of aryl methyl sites for hydroxylation is 1. The van der Waals surface area contributed by atoms with E-state index in [1.165, 1.54) is 0 Å². The average molecular weight is 186 g/mol. The maximum Gasteiger partial charge on any atom is 0.0656 e. The summed E-state index contributed by atoms with van der Waals surface area (Å²) in [7, 11) is 0. The van der Waals surface area contributed by atoms with Gasteiger partial charge < -0.3 is 0 Å². The van der Waals surface area contributed by atoms with Crippen molar-refractivity contribution < 1.29 is 0 Å². The molecule has 0 aromatic heterocycles. The van der Waals surface area contributed by atoms with E-state index in [0.29, 0.717) is 6.42 Å². The first-order valence-corrected chi connectivity index (χ1v) is 4.72. The molecule has 0 saturated carbocycles. The summed E-state index contributed by atoms with van der Waals surface area (Å²) < 4.78 is 0. The third-order valence-electron chi connectivity index (χ3n) is 2.03. The number of para-hydroxylation sites is 1. The van der Waals surface area contributed by atoms with Crippen LogP contribution in [-0.2, 0) is 0 Å². The monoisotopic (exact) mass is 186 g/mol. The van der Waals surface area contributed by atoms with E-state index in [4.69, 9.17) is 5.26 Å². The molecule has 1 aromatic carbocycles. The SMILES string of the molecule is Cc1ccccc1/N=C\CC(C)C#N. The van der Waals surface area contributed by atoms with E-state index in [1.54, 1.807) is 0 Å². The van der Waals surface area contributed by atoms with Crippen LogP contribution in [0.5, 0.6) is 0 Å². The van der Waals surface area contributed by atoms with E-state index in [-0.39, 0.29) is 5.92 Å². The summed E-state index contributed by atoms with van der Waals surface area (Å²) in [5.41, 5.74) is 2.14. The summed E-state index contributed by atoms with van der Waals surface area (Å²) in [5.74, 6) is 0.0442. The molecule has 0 saturated heterocycles. The van der Waals surface area contributed by atoms with Crippen molar-refractivity contribution in [2.24, 2.45) is 10.9 Å². The van der Waals surface area contributed by atoms with Gasteiger partial charge in [0.05, 0.1) is 11.8 Å². The topological polar surface area (TPSA) is 36.1 Å². The van der Waals surface area contributed by atoms with E-state index >= 15 is 0 Å². The molecule has 0 fully saturated rings. The Morgan fingerprint density at radius 2 is 2.21 bits per heavy atom. The number of hydrogen-bond donors (Lipinski definition) is 0. The second kappa shape index (κ2) is 5.18. The highest BCUT2D eigenvalue weighted by Gasteiger charge is 1.96. The summed E-state index contributed by atoms with van der Waals surface area (Å²) >= 11 is 0. The third-order valence-corrected chi connectivity index (χ3v) is 2.03. The molecular weight excluding hydrogens is 172 g/mol. The van der Waals surface area contributed by atoms with Gasteiger partial charge in [-0.1, -0.05) is 18.2 Å². The number of benzene rings is 1. The molecule has 72 valence electrons. The number of nitriles is 1. The maximum atomic E-state index is 8.57. The fourth-order valence-electron chi connectivity index (χ4n) is 1.07. The van der Waals surface area contributed by atoms with Crippen LogP contribution in [-0.4, -0.2) is 6.21 Å². The molecule has 1 atom stereocenters. The Bertz CT molecular complexity index is 361. The van der Waals surface area contributed by atoms with Crippen molar-refractivity contribution in [1.29, 1.82) is 5.26 Å². The second-order valence-electron chi connectivity index (χ2n) is 3.36. The zero-order valence-corrected chi connectivity index (χ0v) is 8.57. The fraction of sp³-hybridized carbons (Fsp3) is 0.333. The smallest absolute Gasteiger partial charge is 0.0656 e. The maximum absolute atomic E-state index is 8.57. The van der Waals surface area contributed by atoms with Gasteiger partial charge in [0.15, 0.2) is 0 Å². The van der Waals surface area contributed by atoms with Gasteiger partial charge in [0, 0.05) is 12.1 Å². The minimum atomic E-state index is 0.0442. The Morgan fingerprint density at radius 3 is 2.86 bits per heavy atom. The van der Waals surface area contributed by atoms with Gasteiger partial charge in [-0.3, -0.25) is 4.99 Å². The van der Waals surface area contributed by atoms with Gasteiger partial charge in [0.2, 0.25) is 0 Å². The summed E-state index contributed by atoms with van der Waals surface area (Å²) in [4.78, 5) is 4.32. The van der Waals surface area contributed by atoms with E-state index in [2.05, 4.69) is 11.1 Å². The third kappa shape index (κ3) is 3.02. The predicted octanol–water partition coefficient (Wildman–Crippen LogP) is 3.25. The van der Waals surface area contributed by atoms with Gasteiger partial charge in [-0.05, 0) is 31.9 Å². The highest BCUT2D eigenvalue weighted by molar-refractivity contribution is 5.65.